The minimum atomic E-state index is 0.175. The predicted molar refractivity (Wildman–Crippen MR) is 80.5 cm³/mol. The van der Waals surface area contributed by atoms with Gasteiger partial charge in [0.2, 0.25) is 0 Å². The van der Waals surface area contributed by atoms with E-state index in [1.54, 1.807) is 18.4 Å². The summed E-state index contributed by atoms with van der Waals surface area (Å²) in [5, 5.41) is 5.68. The summed E-state index contributed by atoms with van der Waals surface area (Å²) in [6.45, 7) is 3.03. The smallest absolute Gasteiger partial charge is 0.123 e. The molecule has 1 atom stereocenters. The van der Waals surface area contributed by atoms with Gasteiger partial charge in [0.1, 0.15) is 5.75 Å². The maximum absolute atomic E-state index is 5.45. The second-order valence-electron chi connectivity index (χ2n) is 3.92. The van der Waals surface area contributed by atoms with E-state index in [1.165, 1.54) is 11.1 Å². The van der Waals surface area contributed by atoms with Crippen LogP contribution in [-0.2, 0) is 0 Å². The van der Waals surface area contributed by atoms with Crippen molar-refractivity contribution >= 4 is 27.3 Å². The van der Waals surface area contributed by atoms with Crippen LogP contribution in [0.3, 0.4) is 0 Å². The first-order valence-corrected chi connectivity index (χ1v) is 7.53. The number of benzene rings is 1. The van der Waals surface area contributed by atoms with Gasteiger partial charge in [0.15, 0.2) is 0 Å². The Labute approximate surface area is 120 Å². The molecule has 0 fully saturated rings. The number of nitrogens with one attached hydrogen (secondary N) is 1. The van der Waals surface area contributed by atoms with E-state index in [0.29, 0.717) is 0 Å². The monoisotopic (exact) mass is 325 g/mol. The number of methoxy groups -OCH3 is 1. The fourth-order valence-electron chi connectivity index (χ4n) is 1.99. The molecule has 2 aromatic rings. The molecule has 0 aliphatic carbocycles. The number of ether oxygens (including phenoxy) is 1. The van der Waals surface area contributed by atoms with Gasteiger partial charge in [0.05, 0.1) is 16.9 Å². The topological polar surface area (TPSA) is 21.3 Å². The van der Waals surface area contributed by atoms with Crippen molar-refractivity contribution in [3.05, 3.63) is 50.6 Å². The second-order valence-corrected chi connectivity index (χ2v) is 6.21. The maximum Gasteiger partial charge on any atom is 0.123 e. The zero-order chi connectivity index (χ0) is 13.0. The van der Waals surface area contributed by atoms with Crippen LogP contribution in [-0.4, -0.2) is 13.7 Å². The van der Waals surface area contributed by atoms with Crippen LogP contribution in [0.5, 0.6) is 5.75 Å². The molecule has 2 rings (SSSR count). The molecule has 2 nitrogen and oxygen atoms in total. The summed E-state index contributed by atoms with van der Waals surface area (Å²) in [4.78, 5) is 0. The normalized spacial score (nSPS) is 12.4. The Balaban J connectivity index is 2.41. The Kier molecular flexibility index (Phi) is 4.80. The SMILES string of the molecule is CCNC(c1csc(Br)c1)c1ccccc1OC. The summed E-state index contributed by atoms with van der Waals surface area (Å²) in [5.41, 5.74) is 2.44. The van der Waals surface area contributed by atoms with Gasteiger partial charge >= 0.3 is 0 Å². The van der Waals surface area contributed by atoms with E-state index in [0.717, 1.165) is 16.1 Å². The highest BCUT2D eigenvalue weighted by Gasteiger charge is 2.17. The Morgan fingerprint density at radius 3 is 2.78 bits per heavy atom. The lowest BCUT2D eigenvalue weighted by atomic mass is 10.0. The molecule has 0 aliphatic heterocycles. The number of halogens is 1. The van der Waals surface area contributed by atoms with Gasteiger partial charge in [-0.2, -0.15) is 0 Å². The fraction of sp³-hybridized carbons (Fsp3) is 0.286. The van der Waals surface area contributed by atoms with Crippen LogP contribution in [0.1, 0.15) is 24.1 Å². The quantitative estimate of drug-likeness (QED) is 0.888. The van der Waals surface area contributed by atoms with Crippen molar-refractivity contribution in [1.29, 1.82) is 0 Å². The average Bonchev–Trinajstić information content (AvgIpc) is 2.82. The zero-order valence-electron chi connectivity index (χ0n) is 10.4. The molecule has 0 aliphatic rings. The van der Waals surface area contributed by atoms with E-state index in [1.807, 2.05) is 18.2 Å². The van der Waals surface area contributed by atoms with Crippen LogP contribution in [0.4, 0.5) is 0 Å². The molecule has 1 unspecified atom stereocenters. The number of thiophene rings is 1. The lowest BCUT2D eigenvalue weighted by Gasteiger charge is -2.19. The third kappa shape index (κ3) is 2.94. The standard InChI is InChI=1S/C14H16BrNOS/c1-3-16-14(10-8-13(15)18-9-10)11-6-4-5-7-12(11)17-2/h4-9,14,16H,3H2,1-2H3. The van der Waals surface area contributed by atoms with Crippen molar-refractivity contribution in [1.82, 2.24) is 5.32 Å². The van der Waals surface area contributed by atoms with Crippen molar-refractivity contribution in [3.8, 4) is 5.75 Å². The van der Waals surface area contributed by atoms with Gasteiger partial charge in [-0.25, -0.2) is 0 Å². The van der Waals surface area contributed by atoms with Crippen molar-refractivity contribution in [3.63, 3.8) is 0 Å². The van der Waals surface area contributed by atoms with Gasteiger partial charge in [-0.3, -0.25) is 0 Å². The van der Waals surface area contributed by atoms with E-state index in [9.17, 15) is 0 Å². The van der Waals surface area contributed by atoms with Gasteiger partial charge < -0.3 is 10.1 Å². The predicted octanol–water partition coefficient (Wildman–Crippen LogP) is 4.22. The van der Waals surface area contributed by atoms with Gasteiger partial charge in [0.25, 0.3) is 0 Å². The van der Waals surface area contributed by atoms with Crippen molar-refractivity contribution in [2.24, 2.45) is 0 Å². The molecule has 0 saturated carbocycles. The Morgan fingerprint density at radius 2 is 2.17 bits per heavy atom. The highest BCUT2D eigenvalue weighted by atomic mass is 79.9. The van der Waals surface area contributed by atoms with Crippen molar-refractivity contribution in [2.75, 3.05) is 13.7 Å². The summed E-state index contributed by atoms with van der Waals surface area (Å²) < 4.78 is 6.60. The van der Waals surface area contributed by atoms with Crippen LogP contribution in [0.2, 0.25) is 0 Å². The number of rotatable bonds is 5. The van der Waals surface area contributed by atoms with E-state index >= 15 is 0 Å². The average molecular weight is 326 g/mol. The first-order valence-electron chi connectivity index (χ1n) is 5.86. The Morgan fingerprint density at radius 1 is 1.39 bits per heavy atom. The van der Waals surface area contributed by atoms with Crippen LogP contribution in [0, 0.1) is 0 Å². The summed E-state index contributed by atoms with van der Waals surface area (Å²) in [6.07, 6.45) is 0. The molecular weight excluding hydrogens is 310 g/mol. The number of hydrogen-bond acceptors (Lipinski definition) is 3. The van der Waals surface area contributed by atoms with Gasteiger partial charge in [0, 0.05) is 5.56 Å². The largest absolute Gasteiger partial charge is 0.496 e. The summed E-state index contributed by atoms with van der Waals surface area (Å²) in [7, 11) is 1.71. The third-order valence-corrected chi connectivity index (χ3v) is 4.30. The molecule has 0 spiro atoms. The Hall–Kier alpha value is -0.840. The third-order valence-electron chi connectivity index (χ3n) is 2.78. The molecule has 1 aromatic carbocycles. The summed E-state index contributed by atoms with van der Waals surface area (Å²) in [6, 6.07) is 10.5. The molecule has 0 radical (unpaired) electrons. The lowest BCUT2D eigenvalue weighted by molar-refractivity contribution is 0.404. The highest BCUT2D eigenvalue weighted by Crippen LogP contribution is 2.33. The molecule has 0 amide bonds. The van der Waals surface area contributed by atoms with Gasteiger partial charge in [-0.1, -0.05) is 25.1 Å². The van der Waals surface area contributed by atoms with E-state index in [-0.39, 0.29) is 6.04 Å². The highest BCUT2D eigenvalue weighted by molar-refractivity contribution is 9.11. The van der Waals surface area contributed by atoms with E-state index in [2.05, 4.69) is 45.7 Å². The van der Waals surface area contributed by atoms with Gasteiger partial charge in [-0.05, 0) is 45.6 Å². The molecule has 0 saturated heterocycles. The molecule has 1 N–H and O–H groups in total. The molecular formula is C14H16BrNOS. The first-order chi connectivity index (χ1) is 8.76. The van der Waals surface area contributed by atoms with E-state index < -0.39 is 0 Å². The number of para-hydroxylation sites is 1. The molecule has 96 valence electrons. The summed E-state index contributed by atoms with van der Waals surface area (Å²) in [5.74, 6) is 0.922. The molecule has 0 bridgehead atoms. The van der Waals surface area contributed by atoms with E-state index in [4.69, 9.17) is 4.74 Å². The minimum Gasteiger partial charge on any atom is -0.496 e. The van der Waals surface area contributed by atoms with Gasteiger partial charge in [-0.15, -0.1) is 11.3 Å². The second kappa shape index (κ2) is 6.36. The first kappa shape index (κ1) is 13.6. The molecule has 1 aromatic heterocycles. The van der Waals surface area contributed by atoms with Crippen LogP contribution >= 0.6 is 27.3 Å². The summed E-state index contributed by atoms with van der Waals surface area (Å²) >= 11 is 5.22. The van der Waals surface area contributed by atoms with Crippen LogP contribution in [0.25, 0.3) is 0 Å². The van der Waals surface area contributed by atoms with Crippen LogP contribution < -0.4 is 10.1 Å². The Bertz CT molecular complexity index is 512. The van der Waals surface area contributed by atoms with Crippen LogP contribution in [0.15, 0.2) is 39.5 Å². The molecule has 4 heteroatoms. The lowest BCUT2D eigenvalue weighted by Crippen LogP contribution is -2.22. The van der Waals surface area contributed by atoms with Crippen molar-refractivity contribution < 1.29 is 4.74 Å². The number of hydrogen-bond donors (Lipinski definition) is 1. The molecule has 1 heterocycles. The van der Waals surface area contributed by atoms with Crippen molar-refractivity contribution in [2.45, 2.75) is 13.0 Å². The molecule has 18 heavy (non-hydrogen) atoms. The minimum absolute atomic E-state index is 0.175. The zero-order valence-corrected chi connectivity index (χ0v) is 12.8. The maximum atomic E-state index is 5.45. The fourth-order valence-corrected chi connectivity index (χ4v) is 3.19.